The molecule has 1 aromatic heterocycles. The van der Waals surface area contributed by atoms with Gasteiger partial charge in [-0.1, -0.05) is 48.2 Å². The Morgan fingerprint density at radius 2 is 1.82 bits per heavy atom. The normalized spacial score (nSPS) is 10.9. The number of aromatic nitrogens is 2. The molecule has 1 heterocycles. The highest BCUT2D eigenvalue weighted by Crippen LogP contribution is 2.21. The van der Waals surface area contributed by atoms with Crippen LogP contribution < -0.4 is 15.6 Å². The predicted octanol–water partition coefficient (Wildman–Crippen LogP) is 4.80. The molecule has 0 saturated heterocycles. The topological polar surface area (TPSA) is 73.2 Å². The van der Waals surface area contributed by atoms with Crippen LogP contribution in [0, 0.1) is 13.8 Å². The van der Waals surface area contributed by atoms with E-state index < -0.39 is 0 Å². The maximum absolute atomic E-state index is 13.3. The van der Waals surface area contributed by atoms with E-state index in [2.05, 4.69) is 5.32 Å². The van der Waals surface area contributed by atoms with Crippen molar-refractivity contribution in [1.29, 1.82) is 0 Å². The SMILES string of the molecule is COc1ccc(Cn2c(SCC(=O)Nc3cc(C)ccc3C)nc3ccccc3c2=O)cc1. The van der Waals surface area contributed by atoms with Gasteiger partial charge in [0.25, 0.3) is 5.56 Å². The number of carbonyl (C=O) groups is 1. The van der Waals surface area contributed by atoms with Crippen LogP contribution in [0.5, 0.6) is 5.75 Å². The number of fused-ring (bicyclic) bond motifs is 1. The van der Waals surface area contributed by atoms with Gasteiger partial charge in [0.2, 0.25) is 5.91 Å². The molecule has 4 rings (SSSR count). The number of para-hydroxylation sites is 1. The van der Waals surface area contributed by atoms with Gasteiger partial charge in [-0.3, -0.25) is 14.2 Å². The Morgan fingerprint density at radius 1 is 1.06 bits per heavy atom. The van der Waals surface area contributed by atoms with Gasteiger partial charge in [-0.05, 0) is 60.9 Å². The quantitative estimate of drug-likeness (QED) is 0.317. The average molecular weight is 460 g/mol. The van der Waals surface area contributed by atoms with E-state index in [9.17, 15) is 9.59 Å². The van der Waals surface area contributed by atoms with Gasteiger partial charge >= 0.3 is 0 Å². The van der Waals surface area contributed by atoms with E-state index in [1.807, 2.05) is 74.5 Å². The number of thioether (sulfide) groups is 1. The van der Waals surface area contributed by atoms with Crippen LogP contribution in [0.25, 0.3) is 10.9 Å². The summed E-state index contributed by atoms with van der Waals surface area (Å²) in [5, 5.41) is 4.02. The first-order valence-electron chi connectivity index (χ1n) is 10.6. The number of anilines is 1. The Balaban J connectivity index is 1.61. The Hall–Kier alpha value is -3.58. The summed E-state index contributed by atoms with van der Waals surface area (Å²) in [6.07, 6.45) is 0. The molecule has 0 aliphatic carbocycles. The zero-order valence-electron chi connectivity index (χ0n) is 18.8. The van der Waals surface area contributed by atoms with Crippen molar-refractivity contribution in [2.24, 2.45) is 0 Å². The molecule has 4 aromatic rings. The van der Waals surface area contributed by atoms with Crippen LogP contribution in [-0.2, 0) is 11.3 Å². The predicted molar refractivity (Wildman–Crippen MR) is 133 cm³/mol. The maximum Gasteiger partial charge on any atom is 0.262 e. The first-order valence-corrected chi connectivity index (χ1v) is 11.6. The number of carbonyl (C=O) groups excluding carboxylic acids is 1. The summed E-state index contributed by atoms with van der Waals surface area (Å²) in [7, 11) is 1.62. The molecule has 1 amide bonds. The van der Waals surface area contributed by atoms with Crippen molar-refractivity contribution in [3.63, 3.8) is 0 Å². The molecule has 3 aromatic carbocycles. The van der Waals surface area contributed by atoms with E-state index in [4.69, 9.17) is 9.72 Å². The van der Waals surface area contributed by atoms with Crippen LogP contribution in [0.15, 0.2) is 76.7 Å². The molecule has 0 saturated carbocycles. The average Bonchev–Trinajstić information content (AvgIpc) is 2.82. The summed E-state index contributed by atoms with van der Waals surface area (Å²) < 4.78 is 6.85. The number of rotatable bonds is 7. The first-order chi connectivity index (χ1) is 15.9. The molecule has 7 heteroatoms. The van der Waals surface area contributed by atoms with E-state index in [0.29, 0.717) is 22.6 Å². The van der Waals surface area contributed by atoms with Gasteiger partial charge in [0.15, 0.2) is 5.16 Å². The molecule has 168 valence electrons. The van der Waals surface area contributed by atoms with Crippen molar-refractivity contribution in [2.75, 3.05) is 18.2 Å². The lowest BCUT2D eigenvalue weighted by molar-refractivity contribution is -0.113. The minimum Gasteiger partial charge on any atom is -0.497 e. The molecule has 0 unspecified atom stereocenters. The second-order valence-corrected chi connectivity index (χ2v) is 8.75. The van der Waals surface area contributed by atoms with Gasteiger partial charge in [0.05, 0.1) is 30.3 Å². The lowest BCUT2D eigenvalue weighted by Gasteiger charge is -2.14. The van der Waals surface area contributed by atoms with Crippen LogP contribution in [0.4, 0.5) is 5.69 Å². The van der Waals surface area contributed by atoms with Gasteiger partial charge in [-0.15, -0.1) is 0 Å². The summed E-state index contributed by atoms with van der Waals surface area (Å²) >= 11 is 1.26. The molecular weight excluding hydrogens is 434 g/mol. The van der Waals surface area contributed by atoms with Gasteiger partial charge in [0.1, 0.15) is 5.75 Å². The van der Waals surface area contributed by atoms with E-state index in [1.54, 1.807) is 17.7 Å². The summed E-state index contributed by atoms with van der Waals surface area (Å²) in [5.74, 6) is 0.744. The first kappa shape index (κ1) is 22.6. The minimum absolute atomic E-state index is 0.131. The highest BCUT2D eigenvalue weighted by molar-refractivity contribution is 7.99. The van der Waals surface area contributed by atoms with E-state index in [-0.39, 0.29) is 17.2 Å². The lowest BCUT2D eigenvalue weighted by atomic mass is 10.1. The standard InChI is InChI=1S/C26H25N3O3S/c1-17-8-9-18(2)23(14-17)27-24(30)16-33-26-28-22-7-5-4-6-21(22)25(31)29(26)15-19-10-12-20(32-3)13-11-19/h4-14H,15-16H2,1-3H3,(H,27,30). The molecule has 33 heavy (non-hydrogen) atoms. The smallest absolute Gasteiger partial charge is 0.262 e. The molecule has 0 spiro atoms. The molecular formula is C26H25N3O3S. The van der Waals surface area contributed by atoms with Gasteiger partial charge in [-0.25, -0.2) is 4.98 Å². The van der Waals surface area contributed by atoms with Gasteiger partial charge in [-0.2, -0.15) is 0 Å². The third-order valence-corrected chi connectivity index (χ3v) is 6.30. The lowest BCUT2D eigenvalue weighted by Crippen LogP contribution is -2.25. The third-order valence-electron chi connectivity index (χ3n) is 5.33. The Morgan fingerprint density at radius 3 is 2.58 bits per heavy atom. The zero-order valence-corrected chi connectivity index (χ0v) is 19.6. The fraction of sp³-hybridized carbons (Fsp3) is 0.192. The fourth-order valence-electron chi connectivity index (χ4n) is 3.50. The van der Waals surface area contributed by atoms with E-state index in [1.165, 1.54) is 11.8 Å². The molecule has 0 aliphatic rings. The van der Waals surface area contributed by atoms with Crippen LogP contribution in [0.1, 0.15) is 16.7 Å². The molecule has 0 bridgehead atoms. The number of benzene rings is 3. The van der Waals surface area contributed by atoms with Crippen molar-refractivity contribution in [3.8, 4) is 5.75 Å². The van der Waals surface area contributed by atoms with Crippen molar-refractivity contribution in [1.82, 2.24) is 9.55 Å². The molecule has 6 nitrogen and oxygen atoms in total. The Labute approximate surface area is 196 Å². The number of methoxy groups -OCH3 is 1. The summed E-state index contributed by atoms with van der Waals surface area (Å²) in [6, 6.07) is 20.8. The van der Waals surface area contributed by atoms with Gasteiger partial charge in [0, 0.05) is 5.69 Å². The largest absolute Gasteiger partial charge is 0.497 e. The number of nitrogens with one attached hydrogen (secondary N) is 1. The van der Waals surface area contributed by atoms with Crippen LogP contribution in [0.3, 0.4) is 0 Å². The molecule has 0 atom stereocenters. The number of amides is 1. The minimum atomic E-state index is -0.146. The Bertz CT molecular complexity index is 1360. The number of ether oxygens (including phenoxy) is 1. The molecule has 0 fully saturated rings. The number of aryl methyl sites for hydroxylation is 2. The summed E-state index contributed by atoms with van der Waals surface area (Å²) in [4.78, 5) is 30.7. The van der Waals surface area contributed by atoms with Crippen molar-refractivity contribution < 1.29 is 9.53 Å². The van der Waals surface area contributed by atoms with Crippen LogP contribution in [0.2, 0.25) is 0 Å². The number of hydrogen-bond donors (Lipinski definition) is 1. The second-order valence-electron chi connectivity index (χ2n) is 7.81. The highest BCUT2D eigenvalue weighted by atomic mass is 32.2. The monoisotopic (exact) mass is 459 g/mol. The second kappa shape index (κ2) is 9.92. The van der Waals surface area contributed by atoms with Crippen molar-refractivity contribution in [2.45, 2.75) is 25.5 Å². The summed E-state index contributed by atoms with van der Waals surface area (Å²) in [5.41, 5.74) is 4.30. The van der Waals surface area contributed by atoms with Crippen molar-refractivity contribution >= 4 is 34.3 Å². The molecule has 0 radical (unpaired) electrons. The van der Waals surface area contributed by atoms with Crippen LogP contribution in [-0.4, -0.2) is 28.3 Å². The van der Waals surface area contributed by atoms with E-state index in [0.717, 1.165) is 28.1 Å². The van der Waals surface area contributed by atoms with Crippen LogP contribution >= 0.6 is 11.8 Å². The third kappa shape index (κ3) is 5.26. The molecule has 0 aliphatic heterocycles. The van der Waals surface area contributed by atoms with Gasteiger partial charge < -0.3 is 10.1 Å². The highest BCUT2D eigenvalue weighted by Gasteiger charge is 2.14. The summed E-state index contributed by atoms with van der Waals surface area (Å²) in [6.45, 7) is 4.29. The number of nitrogens with zero attached hydrogens (tertiary/aromatic N) is 2. The molecule has 1 N–H and O–H groups in total. The van der Waals surface area contributed by atoms with Crippen molar-refractivity contribution in [3.05, 3.63) is 93.8 Å². The van der Waals surface area contributed by atoms with E-state index >= 15 is 0 Å². The maximum atomic E-state index is 13.3. The number of hydrogen-bond acceptors (Lipinski definition) is 5. The zero-order chi connectivity index (χ0) is 23.4. The fourth-order valence-corrected chi connectivity index (χ4v) is 4.30. The Kier molecular flexibility index (Phi) is 6.79.